The zero-order valence-corrected chi connectivity index (χ0v) is 12.3. The summed E-state index contributed by atoms with van der Waals surface area (Å²) in [5.41, 5.74) is 0.405. The minimum atomic E-state index is -0.547. The van der Waals surface area contributed by atoms with Gasteiger partial charge in [-0.1, -0.05) is 12.8 Å². The van der Waals surface area contributed by atoms with E-state index >= 15 is 0 Å². The number of hydrogen-bond acceptors (Lipinski definition) is 1. The van der Waals surface area contributed by atoms with Crippen LogP contribution in [0.2, 0.25) is 0 Å². The van der Waals surface area contributed by atoms with Crippen LogP contribution >= 0.6 is 15.9 Å². The summed E-state index contributed by atoms with van der Waals surface area (Å²) in [6.07, 6.45) is 7.45. The van der Waals surface area contributed by atoms with E-state index in [9.17, 15) is 8.78 Å². The molecule has 1 nitrogen and oxygen atoms in total. The van der Waals surface area contributed by atoms with Crippen LogP contribution in [0.1, 0.15) is 38.5 Å². The lowest BCUT2D eigenvalue weighted by Crippen LogP contribution is -2.28. The van der Waals surface area contributed by atoms with Crippen LogP contribution in [0, 0.1) is 23.5 Å². The molecule has 2 fully saturated rings. The second-order valence-electron chi connectivity index (χ2n) is 5.85. The van der Waals surface area contributed by atoms with Crippen molar-refractivity contribution in [2.75, 3.05) is 5.32 Å². The second-order valence-corrected chi connectivity index (χ2v) is 6.70. The molecule has 0 aliphatic heterocycles. The Labute approximate surface area is 120 Å². The van der Waals surface area contributed by atoms with Crippen molar-refractivity contribution in [3.05, 3.63) is 28.2 Å². The Morgan fingerprint density at radius 1 is 1.05 bits per heavy atom. The number of nitrogens with one attached hydrogen (secondary N) is 1. The molecule has 1 aromatic rings. The highest BCUT2D eigenvalue weighted by molar-refractivity contribution is 9.10. The van der Waals surface area contributed by atoms with Crippen LogP contribution in [0.3, 0.4) is 0 Å². The molecule has 2 saturated carbocycles. The molecule has 0 amide bonds. The molecule has 2 unspecified atom stereocenters. The van der Waals surface area contributed by atoms with Gasteiger partial charge in [0.05, 0.1) is 5.69 Å². The first-order chi connectivity index (χ1) is 9.13. The molecular weight excluding hydrogens is 312 g/mol. The van der Waals surface area contributed by atoms with Crippen LogP contribution in [0.15, 0.2) is 16.6 Å². The van der Waals surface area contributed by atoms with E-state index < -0.39 is 11.6 Å². The molecular formula is C15H18BrF2N. The number of hydrogen-bond donors (Lipinski definition) is 1. The van der Waals surface area contributed by atoms with Gasteiger partial charge >= 0.3 is 0 Å². The van der Waals surface area contributed by atoms with Gasteiger partial charge in [-0.25, -0.2) is 8.78 Å². The van der Waals surface area contributed by atoms with Gasteiger partial charge in [0, 0.05) is 16.6 Å². The summed E-state index contributed by atoms with van der Waals surface area (Å²) in [4.78, 5) is 0. The maximum absolute atomic E-state index is 13.8. The summed E-state index contributed by atoms with van der Waals surface area (Å²) >= 11 is 3.24. The lowest BCUT2D eigenvalue weighted by molar-refractivity contribution is 0.302. The van der Waals surface area contributed by atoms with E-state index in [0.29, 0.717) is 16.2 Å². The molecule has 2 atom stereocenters. The Hall–Kier alpha value is -0.640. The maximum atomic E-state index is 13.8. The third-order valence-electron chi connectivity index (χ3n) is 4.36. The molecule has 1 aromatic carbocycles. The number of rotatable bonds is 3. The minimum Gasteiger partial charge on any atom is -0.379 e. The summed E-state index contributed by atoms with van der Waals surface area (Å²) < 4.78 is 27.3. The molecule has 2 aliphatic carbocycles. The molecule has 0 bridgehead atoms. The standard InChI is InChI=1S/C15H18BrF2N/c16-13-7-11(17)8-14(18)15(13)19-12-3-1-2-10(6-12)9-4-5-9/h7-10,12,19H,1-6H2. The summed E-state index contributed by atoms with van der Waals surface area (Å²) in [5, 5.41) is 3.27. The van der Waals surface area contributed by atoms with Crippen molar-refractivity contribution in [2.45, 2.75) is 44.6 Å². The van der Waals surface area contributed by atoms with Crippen molar-refractivity contribution >= 4 is 21.6 Å². The Balaban J connectivity index is 1.70. The van der Waals surface area contributed by atoms with E-state index in [1.807, 2.05) is 0 Å². The minimum absolute atomic E-state index is 0.315. The molecule has 3 rings (SSSR count). The van der Waals surface area contributed by atoms with Crippen molar-refractivity contribution in [1.29, 1.82) is 0 Å². The topological polar surface area (TPSA) is 12.0 Å². The zero-order valence-electron chi connectivity index (χ0n) is 10.8. The SMILES string of the molecule is Fc1cc(F)c(NC2CCCC(C3CC3)C2)c(Br)c1. The molecule has 19 heavy (non-hydrogen) atoms. The molecule has 104 valence electrons. The molecule has 0 aromatic heterocycles. The number of halogens is 3. The summed E-state index contributed by atoms with van der Waals surface area (Å²) in [7, 11) is 0. The zero-order chi connectivity index (χ0) is 13.4. The van der Waals surface area contributed by atoms with Gasteiger partial charge in [-0.2, -0.15) is 0 Å². The van der Waals surface area contributed by atoms with Crippen LogP contribution in [0.4, 0.5) is 14.5 Å². The van der Waals surface area contributed by atoms with Crippen LogP contribution in [0.5, 0.6) is 0 Å². The Kier molecular flexibility index (Phi) is 3.79. The van der Waals surface area contributed by atoms with Crippen LogP contribution in [0.25, 0.3) is 0 Å². The molecule has 0 spiro atoms. The van der Waals surface area contributed by atoms with Gasteiger partial charge in [-0.15, -0.1) is 0 Å². The molecule has 0 radical (unpaired) electrons. The van der Waals surface area contributed by atoms with Gasteiger partial charge in [0.15, 0.2) is 0 Å². The predicted molar refractivity (Wildman–Crippen MR) is 76.2 cm³/mol. The van der Waals surface area contributed by atoms with E-state index in [0.717, 1.165) is 30.7 Å². The van der Waals surface area contributed by atoms with Gasteiger partial charge in [0.1, 0.15) is 11.6 Å². The monoisotopic (exact) mass is 329 g/mol. The van der Waals surface area contributed by atoms with Crippen molar-refractivity contribution in [3.8, 4) is 0 Å². The van der Waals surface area contributed by atoms with Gasteiger partial charge in [0.2, 0.25) is 0 Å². The molecule has 4 heteroatoms. The normalized spacial score (nSPS) is 27.3. The highest BCUT2D eigenvalue weighted by Gasteiger charge is 2.34. The Morgan fingerprint density at radius 3 is 2.53 bits per heavy atom. The van der Waals surface area contributed by atoms with Crippen molar-refractivity contribution < 1.29 is 8.78 Å². The van der Waals surface area contributed by atoms with Crippen molar-refractivity contribution in [1.82, 2.24) is 0 Å². The quantitative estimate of drug-likeness (QED) is 0.812. The van der Waals surface area contributed by atoms with Crippen LogP contribution in [-0.4, -0.2) is 6.04 Å². The summed E-state index contributed by atoms with van der Waals surface area (Å²) in [6, 6.07) is 2.57. The van der Waals surface area contributed by atoms with Gasteiger partial charge in [0.25, 0.3) is 0 Å². The van der Waals surface area contributed by atoms with Crippen LogP contribution < -0.4 is 5.32 Å². The molecule has 0 saturated heterocycles. The van der Waals surface area contributed by atoms with Crippen LogP contribution in [-0.2, 0) is 0 Å². The van der Waals surface area contributed by atoms with E-state index in [1.165, 1.54) is 31.7 Å². The molecule has 2 aliphatic rings. The smallest absolute Gasteiger partial charge is 0.150 e. The van der Waals surface area contributed by atoms with Gasteiger partial charge in [-0.3, -0.25) is 0 Å². The molecule has 0 heterocycles. The maximum Gasteiger partial charge on any atom is 0.150 e. The summed E-state index contributed by atoms with van der Waals surface area (Å²) in [5.74, 6) is 0.648. The van der Waals surface area contributed by atoms with Gasteiger partial charge in [-0.05, 0) is 59.5 Å². The fraction of sp³-hybridized carbons (Fsp3) is 0.600. The van der Waals surface area contributed by atoms with Gasteiger partial charge < -0.3 is 5.32 Å². The second kappa shape index (κ2) is 5.39. The Morgan fingerprint density at radius 2 is 1.84 bits per heavy atom. The van der Waals surface area contributed by atoms with Crippen molar-refractivity contribution in [3.63, 3.8) is 0 Å². The average molecular weight is 330 g/mol. The summed E-state index contributed by atoms with van der Waals surface area (Å²) in [6.45, 7) is 0. The number of benzene rings is 1. The highest BCUT2D eigenvalue weighted by Crippen LogP contribution is 2.44. The van der Waals surface area contributed by atoms with E-state index in [2.05, 4.69) is 21.2 Å². The lowest BCUT2D eigenvalue weighted by Gasteiger charge is -2.31. The predicted octanol–water partition coefficient (Wildman–Crippen LogP) is 5.11. The van der Waals surface area contributed by atoms with Crippen molar-refractivity contribution in [2.24, 2.45) is 11.8 Å². The molecule has 1 N–H and O–H groups in total. The van der Waals surface area contributed by atoms with E-state index in [-0.39, 0.29) is 0 Å². The van der Waals surface area contributed by atoms with E-state index in [1.54, 1.807) is 0 Å². The van der Waals surface area contributed by atoms with E-state index in [4.69, 9.17) is 0 Å². The third kappa shape index (κ3) is 3.10. The average Bonchev–Trinajstić information content (AvgIpc) is 3.18. The fourth-order valence-electron chi connectivity index (χ4n) is 3.24. The third-order valence-corrected chi connectivity index (χ3v) is 4.98. The highest BCUT2D eigenvalue weighted by atomic mass is 79.9. The first-order valence-corrected chi connectivity index (χ1v) is 7.84. The largest absolute Gasteiger partial charge is 0.379 e. The first kappa shape index (κ1) is 13.3. The Bertz CT molecular complexity index is 450. The lowest BCUT2D eigenvalue weighted by atomic mass is 9.82. The fourth-order valence-corrected chi connectivity index (χ4v) is 3.76. The number of anilines is 1. The first-order valence-electron chi connectivity index (χ1n) is 7.04.